The Morgan fingerprint density at radius 3 is 2.00 bits per heavy atom. The lowest BCUT2D eigenvalue weighted by Gasteiger charge is -1.94. The van der Waals surface area contributed by atoms with Gasteiger partial charge >= 0.3 is 0 Å². The van der Waals surface area contributed by atoms with E-state index in [4.69, 9.17) is 0 Å². The van der Waals surface area contributed by atoms with Crippen LogP contribution in [-0.4, -0.2) is 18.2 Å². The highest BCUT2D eigenvalue weighted by atomic mass is 16.5. The molecule has 2 heteroatoms. The lowest BCUT2D eigenvalue weighted by molar-refractivity contribution is -0.133. The van der Waals surface area contributed by atoms with Crippen LogP contribution in [0.5, 0.6) is 0 Å². The van der Waals surface area contributed by atoms with Gasteiger partial charge in [-0.15, -0.1) is 10.3 Å². The molecule has 2 nitrogen and oxygen atoms in total. The van der Waals surface area contributed by atoms with Crippen LogP contribution in [0.15, 0.2) is 12.2 Å². The van der Waals surface area contributed by atoms with Crippen molar-refractivity contribution in [2.75, 3.05) is 13.1 Å². The molecule has 6 heavy (non-hydrogen) atoms. The first-order valence-electron chi connectivity index (χ1n) is 1.96. The van der Waals surface area contributed by atoms with E-state index in [-0.39, 0.29) is 0 Å². The van der Waals surface area contributed by atoms with E-state index in [2.05, 4.69) is 0 Å². The van der Waals surface area contributed by atoms with Crippen LogP contribution >= 0.6 is 0 Å². The Labute approximate surface area is 36.6 Å². The van der Waals surface area contributed by atoms with E-state index in [1.807, 2.05) is 12.2 Å². The molecule has 1 heterocycles. The zero-order chi connectivity index (χ0) is 4.41. The Morgan fingerprint density at radius 1 is 1.33 bits per heavy atom. The molecule has 0 bridgehead atoms. The normalized spacial score (nSPS) is 22.8. The van der Waals surface area contributed by atoms with E-state index < -0.39 is 0 Å². The van der Waals surface area contributed by atoms with Crippen LogP contribution in [0.2, 0.25) is 0 Å². The second-order valence-corrected chi connectivity index (χ2v) is 1.32. The molecule has 0 aliphatic carbocycles. The topological polar surface area (TPSA) is 23.1 Å². The first-order chi connectivity index (χ1) is 2.89. The van der Waals surface area contributed by atoms with E-state index >= 15 is 0 Å². The van der Waals surface area contributed by atoms with Crippen LogP contribution in [-0.2, 0) is 5.21 Å². The first-order valence-corrected chi connectivity index (χ1v) is 1.96. The van der Waals surface area contributed by atoms with Gasteiger partial charge < -0.3 is 0 Å². The molecular weight excluding hydrogens is 78.0 g/mol. The molecule has 1 rings (SSSR count). The Morgan fingerprint density at radius 2 is 1.83 bits per heavy atom. The van der Waals surface area contributed by atoms with Crippen LogP contribution in [0, 0.1) is 0 Å². The predicted molar refractivity (Wildman–Crippen MR) is 21.4 cm³/mol. The van der Waals surface area contributed by atoms with Crippen molar-refractivity contribution in [2.24, 2.45) is 0 Å². The highest BCUT2D eigenvalue weighted by Crippen LogP contribution is 1.91. The summed E-state index contributed by atoms with van der Waals surface area (Å²) in [5.41, 5.74) is 0. The van der Waals surface area contributed by atoms with E-state index in [1.165, 1.54) is 0 Å². The number of nitrogens with zero attached hydrogens (tertiary/aromatic N) is 1. The van der Waals surface area contributed by atoms with Crippen molar-refractivity contribution in [1.29, 1.82) is 0 Å². The summed E-state index contributed by atoms with van der Waals surface area (Å²) in [7, 11) is 0. The van der Waals surface area contributed by atoms with Gasteiger partial charge in [-0.1, -0.05) is 12.2 Å². The molecule has 0 unspecified atom stereocenters. The van der Waals surface area contributed by atoms with Crippen molar-refractivity contribution in [2.45, 2.75) is 0 Å². The highest BCUT2D eigenvalue weighted by molar-refractivity contribution is 4.91. The largest absolute Gasteiger partial charge is 0.147 e. The number of hydrogen-bond donors (Lipinski definition) is 0. The van der Waals surface area contributed by atoms with Gasteiger partial charge in [0.05, 0.1) is 0 Å². The fourth-order valence-electron chi connectivity index (χ4n) is 0.459. The highest BCUT2D eigenvalue weighted by Gasteiger charge is 1.99. The maximum Gasteiger partial charge on any atom is 0.0456 e. The molecule has 1 aliphatic heterocycles. The Hall–Kier alpha value is -0.340. The second-order valence-electron chi connectivity index (χ2n) is 1.32. The van der Waals surface area contributed by atoms with Crippen LogP contribution < -0.4 is 0 Å². The Balaban J connectivity index is 2.32. The van der Waals surface area contributed by atoms with Gasteiger partial charge in [-0.3, -0.25) is 0 Å². The fourth-order valence-corrected chi connectivity index (χ4v) is 0.459. The third kappa shape index (κ3) is 0.584. The molecule has 0 saturated heterocycles. The average Bonchev–Trinajstić information content (AvgIpc) is 1.86. The SMILES string of the molecule is [O]N1CC=CC1. The molecule has 0 aromatic carbocycles. The summed E-state index contributed by atoms with van der Waals surface area (Å²) < 4.78 is 0. The Bertz CT molecular complexity index is 61.9. The lowest BCUT2D eigenvalue weighted by atomic mass is 10.6. The van der Waals surface area contributed by atoms with E-state index in [9.17, 15) is 5.21 Å². The van der Waals surface area contributed by atoms with Gasteiger partial charge in [-0.2, -0.15) is 0 Å². The van der Waals surface area contributed by atoms with Gasteiger partial charge in [-0.25, -0.2) is 0 Å². The maximum absolute atomic E-state index is 10.1. The summed E-state index contributed by atoms with van der Waals surface area (Å²) in [5, 5.41) is 11.1. The molecule has 1 aliphatic rings. The molecule has 0 saturated carbocycles. The van der Waals surface area contributed by atoms with Gasteiger partial charge in [0.2, 0.25) is 0 Å². The van der Waals surface area contributed by atoms with E-state index in [1.54, 1.807) is 0 Å². The third-order valence-corrected chi connectivity index (χ3v) is 0.785. The Kier molecular flexibility index (Phi) is 0.900. The smallest absolute Gasteiger partial charge is 0.0456 e. The zero-order valence-electron chi connectivity index (χ0n) is 3.42. The summed E-state index contributed by atoms with van der Waals surface area (Å²) in [6.07, 6.45) is 3.74. The van der Waals surface area contributed by atoms with Crippen molar-refractivity contribution in [3.63, 3.8) is 0 Å². The second kappa shape index (κ2) is 1.41. The van der Waals surface area contributed by atoms with Crippen molar-refractivity contribution in [3.05, 3.63) is 12.2 Å². The fraction of sp³-hybridized carbons (Fsp3) is 0.500. The molecule has 0 N–H and O–H groups in total. The van der Waals surface area contributed by atoms with Crippen LogP contribution in [0.1, 0.15) is 0 Å². The van der Waals surface area contributed by atoms with Gasteiger partial charge in [0.15, 0.2) is 0 Å². The molecule has 0 atom stereocenters. The molecule has 0 aromatic rings. The van der Waals surface area contributed by atoms with Gasteiger partial charge in [0, 0.05) is 13.1 Å². The van der Waals surface area contributed by atoms with Crippen LogP contribution in [0.25, 0.3) is 0 Å². The minimum atomic E-state index is 0.583. The predicted octanol–water partition coefficient (Wildman–Crippen LogP) is 0.204. The molecule has 0 fully saturated rings. The van der Waals surface area contributed by atoms with Crippen molar-refractivity contribution in [1.82, 2.24) is 5.06 Å². The summed E-state index contributed by atoms with van der Waals surface area (Å²) >= 11 is 0. The van der Waals surface area contributed by atoms with E-state index in [0.717, 1.165) is 5.06 Å². The summed E-state index contributed by atoms with van der Waals surface area (Å²) in [4.78, 5) is 0. The summed E-state index contributed by atoms with van der Waals surface area (Å²) in [6.45, 7) is 1.17. The standard InChI is InChI=1S/C4H6NO/c6-5-3-1-2-4-5/h1-2H,3-4H2. The monoisotopic (exact) mass is 84.0 g/mol. The quantitative estimate of drug-likeness (QED) is 0.384. The molecule has 0 spiro atoms. The summed E-state index contributed by atoms with van der Waals surface area (Å²) in [6, 6.07) is 0. The van der Waals surface area contributed by atoms with Gasteiger partial charge in [0.25, 0.3) is 0 Å². The zero-order valence-corrected chi connectivity index (χ0v) is 3.42. The minimum Gasteiger partial charge on any atom is -0.147 e. The molecule has 0 amide bonds. The third-order valence-electron chi connectivity index (χ3n) is 0.785. The number of hydroxylamine groups is 2. The van der Waals surface area contributed by atoms with Crippen molar-refractivity contribution >= 4 is 0 Å². The number of rotatable bonds is 0. The first kappa shape index (κ1) is 3.84. The molecule has 1 radical (unpaired) electrons. The average molecular weight is 84.1 g/mol. The van der Waals surface area contributed by atoms with Gasteiger partial charge in [0.1, 0.15) is 0 Å². The summed E-state index contributed by atoms with van der Waals surface area (Å²) in [5.74, 6) is 0. The number of hydrogen-bond acceptors (Lipinski definition) is 1. The van der Waals surface area contributed by atoms with Gasteiger partial charge in [-0.05, 0) is 0 Å². The van der Waals surface area contributed by atoms with E-state index in [0.29, 0.717) is 13.1 Å². The van der Waals surface area contributed by atoms with Crippen LogP contribution in [0.3, 0.4) is 0 Å². The van der Waals surface area contributed by atoms with Crippen LogP contribution in [0.4, 0.5) is 0 Å². The molecule has 0 aromatic heterocycles. The molecular formula is C4H6NO. The molecule has 33 valence electrons. The van der Waals surface area contributed by atoms with Crippen molar-refractivity contribution < 1.29 is 5.21 Å². The lowest BCUT2D eigenvalue weighted by Crippen LogP contribution is -2.10. The van der Waals surface area contributed by atoms with Crippen molar-refractivity contribution in [3.8, 4) is 0 Å². The minimum absolute atomic E-state index is 0.583. The maximum atomic E-state index is 10.1.